The molecular weight excluding hydrogens is 572 g/mol. The van der Waals surface area contributed by atoms with Crippen molar-refractivity contribution in [3.63, 3.8) is 0 Å². The highest BCUT2D eigenvalue weighted by atomic mass is 16.6. The van der Waals surface area contributed by atoms with Crippen molar-refractivity contribution in [3.05, 3.63) is 109 Å². The van der Waals surface area contributed by atoms with Crippen molar-refractivity contribution in [1.82, 2.24) is 0 Å². The average Bonchev–Trinajstić information content (AvgIpc) is 3.06. The first-order valence-corrected chi connectivity index (χ1v) is 17.4. The fraction of sp³-hybridized carbons (Fsp3) is 0.512. The van der Waals surface area contributed by atoms with Crippen LogP contribution in [0.3, 0.4) is 0 Å². The van der Waals surface area contributed by atoms with Crippen molar-refractivity contribution in [3.8, 4) is 0 Å². The molecule has 0 rings (SSSR count). The second kappa shape index (κ2) is 36.0. The Kier molecular flexibility index (Phi) is 33.3. The summed E-state index contributed by atoms with van der Waals surface area (Å²) in [6.07, 6.45) is 51.5. The van der Waals surface area contributed by atoms with Crippen LogP contribution in [0.1, 0.15) is 117 Å². The third-order valence-electron chi connectivity index (χ3n) is 6.56. The van der Waals surface area contributed by atoms with E-state index in [-0.39, 0.29) is 31.6 Å². The summed E-state index contributed by atoms with van der Waals surface area (Å²) in [6.45, 7) is 3.79. The molecule has 0 spiro atoms. The second-order valence-corrected chi connectivity index (χ2v) is 10.8. The largest absolute Gasteiger partial charge is 0.462 e. The van der Waals surface area contributed by atoms with Gasteiger partial charge in [-0.25, -0.2) is 0 Å². The first-order chi connectivity index (χ1) is 22.6. The Morgan fingerprint density at radius 3 is 1.28 bits per heavy atom. The van der Waals surface area contributed by atoms with Crippen LogP contribution in [0.15, 0.2) is 109 Å². The zero-order valence-corrected chi connectivity index (χ0v) is 28.8. The number of esters is 2. The lowest BCUT2D eigenvalue weighted by molar-refractivity contribution is -0.161. The van der Waals surface area contributed by atoms with Crippen LogP contribution in [0.2, 0.25) is 0 Å². The number of rotatable bonds is 29. The first kappa shape index (κ1) is 42.6. The standard InChI is InChI=1S/C41H62O5/c1-3-5-7-9-11-13-15-17-19-20-22-24-26-28-30-32-34-36-41(44)46-39(37-42)38-45-40(43)35-33-31-29-27-25-23-21-18-16-14-12-10-8-6-4-2/h5-8,11-14,17-19,21-22,24-25,27-28,30,39,42H,3-4,9-10,15-16,20,23,26,29,31-38H2,1-2H3. The Labute approximate surface area is 280 Å². The van der Waals surface area contributed by atoms with Gasteiger partial charge in [-0.15, -0.1) is 0 Å². The number of carbonyl (C=O) groups excluding carboxylic acids is 2. The van der Waals surface area contributed by atoms with Crippen molar-refractivity contribution < 1.29 is 24.2 Å². The van der Waals surface area contributed by atoms with E-state index < -0.39 is 6.10 Å². The monoisotopic (exact) mass is 634 g/mol. The van der Waals surface area contributed by atoms with E-state index in [1.54, 1.807) is 0 Å². The Morgan fingerprint density at radius 2 is 0.870 bits per heavy atom. The van der Waals surface area contributed by atoms with Gasteiger partial charge in [-0.1, -0.05) is 123 Å². The molecule has 0 aromatic carbocycles. The number of hydrogen-bond acceptors (Lipinski definition) is 5. The molecule has 1 unspecified atom stereocenters. The van der Waals surface area contributed by atoms with E-state index in [9.17, 15) is 14.7 Å². The van der Waals surface area contributed by atoms with E-state index in [1.165, 1.54) is 0 Å². The summed E-state index contributed by atoms with van der Waals surface area (Å²) >= 11 is 0. The molecule has 46 heavy (non-hydrogen) atoms. The van der Waals surface area contributed by atoms with Crippen LogP contribution in [0, 0.1) is 0 Å². The lowest BCUT2D eigenvalue weighted by atomic mass is 10.2. The predicted molar refractivity (Wildman–Crippen MR) is 195 cm³/mol. The van der Waals surface area contributed by atoms with E-state index in [2.05, 4.69) is 123 Å². The van der Waals surface area contributed by atoms with E-state index in [1.807, 2.05) is 0 Å². The van der Waals surface area contributed by atoms with Gasteiger partial charge in [0.05, 0.1) is 6.61 Å². The summed E-state index contributed by atoms with van der Waals surface area (Å²) in [5.41, 5.74) is 0. The van der Waals surface area contributed by atoms with E-state index >= 15 is 0 Å². The molecule has 0 saturated carbocycles. The molecule has 0 aromatic rings. The van der Waals surface area contributed by atoms with Gasteiger partial charge in [-0.3, -0.25) is 9.59 Å². The molecule has 5 heteroatoms. The summed E-state index contributed by atoms with van der Waals surface area (Å²) in [5.74, 6) is -0.724. The Hall–Kier alpha value is -3.44. The molecule has 1 atom stereocenters. The Bertz CT molecular complexity index is 990. The SMILES string of the molecule is CCC=CCC=CCC=CCC=CCC=CCCCC(=O)OC(CO)COC(=O)CCCCC=CCC=CCC=CCC=CCC. The molecule has 0 saturated heterocycles. The van der Waals surface area contributed by atoms with Crippen LogP contribution in [-0.4, -0.2) is 36.4 Å². The molecule has 5 nitrogen and oxygen atoms in total. The van der Waals surface area contributed by atoms with Crippen molar-refractivity contribution in [2.24, 2.45) is 0 Å². The highest BCUT2D eigenvalue weighted by Gasteiger charge is 2.15. The molecular formula is C41H62O5. The molecule has 0 heterocycles. The summed E-state index contributed by atoms with van der Waals surface area (Å²) in [7, 11) is 0. The lowest BCUT2D eigenvalue weighted by Crippen LogP contribution is -2.28. The smallest absolute Gasteiger partial charge is 0.306 e. The minimum absolute atomic E-state index is 0.118. The zero-order valence-electron chi connectivity index (χ0n) is 28.8. The highest BCUT2D eigenvalue weighted by molar-refractivity contribution is 5.70. The molecule has 0 bridgehead atoms. The minimum Gasteiger partial charge on any atom is -0.462 e. The maximum Gasteiger partial charge on any atom is 0.306 e. The normalized spacial score (nSPS) is 13.5. The fourth-order valence-electron chi connectivity index (χ4n) is 3.99. The van der Waals surface area contributed by atoms with Crippen molar-refractivity contribution in [2.45, 2.75) is 123 Å². The van der Waals surface area contributed by atoms with E-state index in [0.717, 1.165) is 83.5 Å². The number of aliphatic hydroxyl groups is 1. The highest BCUT2D eigenvalue weighted by Crippen LogP contribution is 2.06. The third-order valence-corrected chi connectivity index (χ3v) is 6.56. The molecule has 1 N–H and O–H groups in total. The van der Waals surface area contributed by atoms with E-state index in [0.29, 0.717) is 12.8 Å². The number of aliphatic hydroxyl groups excluding tert-OH is 1. The van der Waals surface area contributed by atoms with Gasteiger partial charge in [-0.2, -0.15) is 0 Å². The Morgan fingerprint density at radius 1 is 0.500 bits per heavy atom. The number of carbonyl (C=O) groups is 2. The van der Waals surface area contributed by atoms with Gasteiger partial charge >= 0.3 is 11.9 Å². The predicted octanol–water partition coefficient (Wildman–Crippen LogP) is 10.7. The van der Waals surface area contributed by atoms with Crippen molar-refractivity contribution in [1.29, 1.82) is 0 Å². The molecule has 0 aliphatic rings. The quantitative estimate of drug-likeness (QED) is 0.0503. The number of allylic oxidation sites excluding steroid dienone is 18. The molecule has 0 fully saturated rings. The van der Waals surface area contributed by atoms with Crippen LogP contribution in [0.5, 0.6) is 0 Å². The maximum absolute atomic E-state index is 12.1. The van der Waals surface area contributed by atoms with Crippen LogP contribution < -0.4 is 0 Å². The van der Waals surface area contributed by atoms with Crippen LogP contribution in [0.4, 0.5) is 0 Å². The summed E-state index contributed by atoms with van der Waals surface area (Å²) in [5, 5.41) is 9.51. The van der Waals surface area contributed by atoms with Crippen molar-refractivity contribution in [2.75, 3.05) is 13.2 Å². The Balaban J connectivity index is 3.81. The number of hydrogen-bond donors (Lipinski definition) is 1. The van der Waals surface area contributed by atoms with Crippen molar-refractivity contribution >= 4 is 11.9 Å². The minimum atomic E-state index is -0.825. The third kappa shape index (κ3) is 33.5. The summed E-state index contributed by atoms with van der Waals surface area (Å²) in [6, 6.07) is 0. The molecule has 0 aromatic heterocycles. The average molecular weight is 635 g/mol. The van der Waals surface area contributed by atoms with Gasteiger partial charge in [-0.05, 0) is 89.9 Å². The lowest BCUT2D eigenvalue weighted by Gasteiger charge is -2.15. The van der Waals surface area contributed by atoms with Crippen LogP contribution in [0.25, 0.3) is 0 Å². The molecule has 0 aliphatic heterocycles. The topological polar surface area (TPSA) is 72.8 Å². The maximum atomic E-state index is 12.1. The number of unbranched alkanes of at least 4 members (excludes halogenated alkanes) is 3. The van der Waals surface area contributed by atoms with Gasteiger partial charge < -0.3 is 14.6 Å². The van der Waals surface area contributed by atoms with Crippen LogP contribution >= 0.6 is 0 Å². The van der Waals surface area contributed by atoms with Gasteiger partial charge in [0.2, 0.25) is 0 Å². The van der Waals surface area contributed by atoms with Gasteiger partial charge in [0, 0.05) is 12.8 Å². The molecule has 0 amide bonds. The second-order valence-electron chi connectivity index (χ2n) is 10.8. The first-order valence-electron chi connectivity index (χ1n) is 17.4. The van der Waals surface area contributed by atoms with Gasteiger partial charge in [0.25, 0.3) is 0 Å². The summed E-state index contributed by atoms with van der Waals surface area (Å²) < 4.78 is 10.5. The van der Waals surface area contributed by atoms with E-state index in [4.69, 9.17) is 9.47 Å². The van der Waals surface area contributed by atoms with Gasteiger partial charge in [0.15, 0.2) is 6.10 Å². The fourth-order valence-corrected chi connectivity index (χ4v) is 3.99. The molecule has 0 radical (unpaired) electrons. The number of ether oxygens (including phenoxy) is 2. The van der Waals surface area contributed by atoms with Gasteiger partial charge in [0.1, 0.15) is 6.61 Å². The summed E-state index contributed by atoms with van der Waals surface area (Å²) in [4.78, 5) is 24.1. The van der Waals surface area contributed by atoms with Crippen LogP contribution in [-0.2, 0) is 19.1 Å². The molecule has 256 valence electrons. The molecule has 0 aliphatic carbocycles. The zero-order chi connectivity index (χ0) is 33.6.